The van der Waals surface area contributed by atoms with E-state index in [1.165, 1.54) is 12.1 Å². The summed E-state index contributed by atoms with van der Waals surface area (Å²) >= 11 is 4.28. The van der Waals surface area contributed by atoms with Crippen LogP contribution in [-0.2, 0) is 9.47 Å². The lowest BCUT2D eigenvalue weighted by Gasteiger charge is -2.27. The van der Waals surface area contributed by atoms with Gasteiger partial charge in [0.05, 0.1) is 13.2 Å². The number of rotatable bonds is 3. The average Bonchev–Trinajstić information content (AvgIpc) is 2.55. The maximum absolute atomic E-state index is 12.2. The summed E-state index contributed by atoms with van der Waals surface area (Å²) in [6.45, 7) is 1.05. The Balaban J connectivity index is 1.69. The van der Waals surface area contributed by atoms with Crippen LogP contribution >= 0.6 is 12.6 Å². The van der Waals surface area contributed by atoms with Gasteiger partial charge in [0.1, 0.15) is 5.75 Å². The summed E-state index contributed by atoms with van der Waals surface area (Å²) in [5.74, 6) is -0.242. The molecule has 3 rings (SSSR count). The SMILES string of the molecule is FC(F)(F)Oc1ccc(-c2ccc(C3OCC(S)CO3)cc2)cc1. The van der Waals surface area contributed by atoms with Gasteiger partial charge in [0.25, 0.3) is 0 Å². The molecule has 1 heterocycles. The van der Waals surface area contributed by atoms with Crippen LogP contribution in [0, 0.1) is 0 Å². The number of hydrogen-bond donors (Lipinski definition) is 1. The Bertz CT molecular complexity index is 663. The second-order valence-corrected chi connectivity index (χ2v) is 6.08. The third kappa shape index (κ3) is 4.43. The van der Waals surface area contributed by atoms with Crippen LogP contribution in [0.2, 0.25) is 0 Å². The number of benzene rings is 2. The van der Waals surface area contributed by atoms with E-state index in [9.17, 15) is 13.2 Å². The van der Waals surface area contributed by atoms with E-state index in [1.807, 2.05) is 24.3 Å². The summed E-state index contributed by atoms with van der Waals surface area (Å²) in [7, 11) is 0. The molecule has 2 aromatic carbocycles. The van der Waals surface area contributed by atoms with Crippen molar-refractivity contribution in [1.82, 2.24) is 0 Å². The number of halogens is 3. The first-order chi connectivity index (χ1) is 11.4. The van der Waals surface area contributed by atoms with Crippen LogP contribution in [0.15, 0.2) is 48.5 Å². The van der Waals surface area contributed by atoms with Crippen molar-refractivity contribution < 1.29 is 27.4 Å². The molecule has 0 saturated carbocycles. The molecule has 24 heavy (non-hydrogen) atoms. The fraction of sp³-hybridized carbons (Fsp3) is 0.294. The molecular formula is C17H15F3O3S. The van der Waals surface area contributed by atoms with Gasteiger partial charge in [-0.2, -0.15) is 12.6 Å². The summed E-state index contributed by atoms with van der Waals surface area (Å²) in [4.78, 5) is 0. The van der Waals surface area contributed by atoms with Crippen LogP contribution in [0.25, 0.3) is 11.1 Å². The topological polar surface area (TPSA) is 27.7 Å². The summed E-state index contributed by atoms with van der Waals surface area (Å²) < 4.78 is 51.5. The summed E-state index contributed by atoms with van der Waals surface area (Å²) in [5.41, 5.74) is 2.55. The zero-order chi connectivity index (χ0) is 17.2. The lowest BCUT2D eigenvalue weighted by atomic mass is 10.0. The zero-order valence-corrected chi connectivity index (χ0v) is 13.4. The van der Waals surface area contributed by atoms with Gasteiger partial charge in [0.2, 0.25) is 0 Å². The molecule has 1 aliphatic rings. The van der Waals surface area contributed by atoms with E-state index in [0.717, 1.165) is 16.7 Å². The Kier molecular flexibility index (Phi) is 5.03. The first kappa shape index (κ1) is 17.1. The summed E-state index contributed by atoms with van der Waals surface area (Å²) in [6, 6.07) is 13.2. The predicted octanol–water partition coefficient (Wildman–Crippen LogP) is 4.60. The molecule has 3 nitrogen and oxygen atoms in total. The number of hydrogen-bond acceptors (Lipinski definition) is 4. The minimum Gasteiger partial charge on any atom is -0.406 e. The first-order valence-corrected chi connectivity index (χ1v) is 7.80. The van der Waals surface area contributed by atoms with Crippen LogP contribution in [0.3, 0.4) is 0 Å². The largest absolute Gasteiger partial charge is 0.573 e. The van der Waals surface area contributed by atoms with E-state index in [1.54, 1.807) is 12.1 Å². The fourth-order valence-electron chi connectivity index (χ4n) is 2.37. The predicted molar refractivity (Wildman–Crippen MR) is 86.0 cm³/mol. The molecule has 0 aliphatic carbocycles. The third-order valence-electron chi connectivity index (χ3n) is 3.48. The third-order valence-corrected chi connectivity index (χ3v) is 3.78. The van der Waals surface area contributed by atoms with Crippen LogP contribution in [-0.4, -0.2) is 24.8 Å². The maximum atomic E-state index is 12.2. The summed E-state index contributed by atoms with van der Waals surface area (Å²) in [5, 5.41) is 0.0814. The van der Waals surface area contributed by atoms with E-state index in [2.05, 4.69) is 17.4 Å². The van der Waals surface area contributed by atoms with Crippen molar-refractivity contribution in [1.29, 1.82) is 0 Å². The molecule has 1 saturated heterocycles. The van der Waals surface area contributed by atoms with E-state index in [0.29, 0.717) is 13.2 Å². The van der Waals surface area contributed by atoms with Gasteiger partial charge < -0.3 is 14.2 Å². The maximum Gasteiger partial charge on any atom is 0.573 e. The molecule has 1 fully saturated rings. The van der Waals surface area contributed by atoms with Gasteiger partial charge in [0.15, 0.2) is 6.29 Å². The highest BCUT2D eigenvalue weighted by molar-refractivity contribution is 7.81. The second kappa shape index (κ2) is 7.04. The Hall–Kier alpha value is -1.70. The lowest BCUT2D eigenvalue weighted by molar-refractivity contribution is -0.274. The molecule has 0 aromatic heterocycles. The van der Waals surface area contributed by atoms with Gasteiger partial charge in [-0.15, -0.1) is 13.2 Å². The molecule has 0 amide bonds. The number of ether oxygens (including phenoxy) is 3. The Labute approximate surface area is 142 Å². The fourth-order valence-corrected chi connectivity index (χ4v) is 2.54. The van der Waals surface area contributed by atoms with Crippen LogP contribution in [0.1, 0.15) is 11.9 Å². The first-order valence-electron chi connectivity index (χ1n) is 7.28. The Morgan fingerprint density at radius 2 is 1.38 bits per heavy atom. The van der Waals surface area contributed by atoms with Crippen LogP contribution < -0.4 is 4.74 Å². The molecule has 0 bridgehead atoms. The zero-order valence-electron chi connectivity index (χ0n) is 12.5. The van der Waals surface area contributed by atoms with E-state index in [4.69, 9.17) is 9.47 Å². The van der Waals surface area contributed by atoms with Crippen LogP contribution in [0.4, 0.5) is 13.2 Å². The molecule has 0 radical (unpaired) electrons. The van der Waals surface area contributed by atoms with Crippen molar-refractivity contribution in [2.24, 2.45) is 0 Å². The van der Waals surface area contributed by atoms with E-state index < -0.39 is 12.7 Å². The molecule has 0 N–H and O–H groups in total. The van der Waals surface area contributed by atoms with Gasteiger partial charge in [-0.25, -0.2) is 0 Å². The van der Waals surface area contributed by atoms with Gasteiger partial charge in [-0.05, 0) is 23.3 Å². The molecule has 0 atom stereocenters. The Morgan fingerprint density at radius 1 is 0.875 bits per heavy atom. The minimum absolute atomic E-state index is 0.0814. The van der Waals surface area contributed by atoms with Crippen molar-refractivity contribution in [3.63, 3.8) is 0 Å². The van der Waals surface area contributed by atoms with Crippen molar-refractivity contribution >= 4 is 12.6 Å². The molecule has 128 valence electrons. The normalized spacial score (nSPS) is 21.5. The molecule has 1 aliphatic heterocycles. The number of thiol groups is 1. The van der Waals surface area contributed by atoms with Crippen LogP contribution in [0.5, 0.6) is 5.75 Å². The van der Waals surface area contributed by atoms with Crippen molar-refractivity contribution in [3.8, 4) is 16.9 Å². The van der Waals surface area contributed by atoms with Crippen molar-refractivity contribution in [2.75, 3.05) is 13.2 Å². The smallest absolute Gasteiger partial charge is 0.406 e. The minimum atomic E-state index is -4.69. The van der Waals surface area contributed by atoms with Gasteiger partial charge in [-0.3, -0.25) is 0 Å². The molecule has 0 spiro atoms. The highest BCUT2D eigenvalue weighted by atomic mass is 32.1. The van der Waals surface area contributed by atoms with Gasteiger partial charge in [-0.1, -0.05) is 36.4 Å². The summed E-state index contributed by atoms with van der Waals surface area (Å²) in [6.07, 6.45) is -5.10. The van der Waals surface area contributed by atoms with Crippen molar-refractivity contribution in [3.05, 3.63) is 54.1 Å². The average molecular weight is 356 g/mol. The molecule has 7 heteroatoms. The molecule has 2 aromatic rings. The van der Waals surface area contributed by atoms with E-state index in [-0.39, 0.29) is 11.0 Å². The standard InChI is InChI=1S/C17H15F3O3S/c18-17(19,20)23-14-7-5-12(6-8-14)11-1-3-13(4-2-11)16-21-9-15(24)10-22-16/h1-8,15-16,24H,9-10H2. The van der Waals surface area contributed by atoms with Crippen molar-refractivity contribution in [2.45, 2.75) is 17.9 Å². The second-order valence-electron chi connectivity index (χ2n) is 5.35. The van der Waals surface area contributed by atoms with Gasteiger partial charge in [0, 0.05) is 10.8 Å². The quantitative estimate of drug-likeness (QED) is 0.815. The highest BCUT2D eigenvalue weighted by Crippen LogP contribution is 2.29. The van der Waals surface area contributed by atoms with E-state index >= 15 is 0 Å². The van der Waals surface area contributed by atoms with Gasteiger partial charge >= 0.3 is 6.36 Å². The monoisotopic (exact) mass is 356 g/mol. The lowest BCUT2D eigenvalue weighted by Crippen LogP contribution is -2.27. The molecule has 0 unspecified atom stereocenters. The Morgan fingerprint density at radius 3 is 1.88 bits per heavy atom. The molecular weight excluding hydrogens is 341 g/mol. The number of alkyl halides is 3. The highest BCUT2D eigenvalue weighted by Gasteiger charge is 2.31.